The first kappa shape index (κ1) is 6.80. The van der Waals surface area contributed by atoms with Crippen LogP contribution in [0.2, 0.25) is 0 Å². The summed E-state index contributed by atoms with van der Waals surface area (Å²) in [6.45, 7) is 2.69. The van der Waals surface area contributed by atoms with Crippen LogP contribution >= 0.6 is 0 Å². The third-order valence-electron chi connectivity index (χ3n) is 1.91. The summed E-state index contributed by atoms with van der Waals surface area (Å²) in [5, 5.41) is 0. The van der Waals surface area contributed by atoms with E-state index in [1.165, 1.54) is 12.1 Å². The third-order valence-corrected chi connectivity index (χ3v) is 1.91. The first-order valence-electron chi connectivity index (χ1n) is 3.65. The Morgan fingerprint density at radius 2 is 2.27 bits per heavy atom. The molecule has 1 aromatic rings. The highest BCUT2D eigenvalue weighted by molar-refractivity contribution is 5.30. The number of rotatable bonds is 1. The van der Waals surface area contributed by atoms with Gasteiger partial charge in [0.2, 0.25) is 0 Å². The molecule has 1 nitrogen and oxygen atoms in total. The molecule has 1 heterocycles. The van der Waals surface area contributed by atoms with E-state index in [0.717, 1.165) is 17.7 Å². The standard InChI is InChI=1S/C9H9FO/c1-6-4-7(10)2-3-8(6)9-5-11-9/h2-4,9H,5H2,1H3. The zero-order chi connectivity index (χ0) is 7.84. The Kier molecular flexibility index (Phi) is 1.43. The van der Waals surface area contributed by atoms with Gasteiger partial charge < -0.3 is 4.74 Å². The normalized spacial score (nSPS) is 21.8. The van der Waals surface area contributed by atoms with Crippen molar-refractivity contribution < 1.29 is 9.13 Å². The Hall–Kier alpha value is -0.890. The lowest BCUT2D eigenvalue weighted by atomic mass is 10.1. The second kappa shape index (κ2) is 2.31. The summed E-state index contributed by atoms with van der Waals surface area (Å²) in [5.74, 6) is -0.174. The fourth-order valence-corrected chi connectivity index (χ4v) is 1.23. The zero-order valence-corrected chi connectivity index (χ0v) is 6.30. The summed E-state index contributed by atoms with van der Waals surface area (Å²) in [6, 6.07) is 4.81. The van der Waals surface area contributed by atoms with E-state index in [2.05, 4.69) is 0 Å². The fraction of sp³-hybridized carbons (Fsp3) is 0.333. The van der Waals surface area contributed by atoms with Crippen molar-refractivity contribution in [1.82, 2.24) is 0 Å². The van der Waals surface area contributed by atoms with Gasteiger partial charge in [0, 0.05) is 0 Å². The summed E-state index contributed by atoms with van der Waals surface area (Å²) < 4.78 is 17.7. The highest BCUT2D eigenvalue weighted by Gasteiger charge is 2.25. The summed E-state index contributed by atoms with van der Waals surface area (Å²) in [4.78, 5) is 0. The molecule has 58 valence electrons. The number of aryl methyl sites for hydroxylation is 1. The molecule has 11 heavy (non-hydrogen) atoms. The van der Waals surface area contributed by atoms with Crippen LogP contribution in [0.4, 0.5) is 4.39 Å². The maximum Gasteiger partial charge on any atom is 0.123 e. The van der Waals surface area contributed by atoms with Crippen LogP contribution in [0.15, 0.2) is 18.2 Å². The van der Waals surface area contributed by atoms with Gasteiger partial charge in [-0.3, -0.25) is 0 Å². The number of benzene rings is 1. The van der Waals surface area contributed by atoms with E-state index in [4.69, 9.17) is 4.74 Å². The van der Waals surface area contributed by atoms with E-state index in [0.29, 0.717) is 0 Å². The van der Waals surface area contributed by atoms with Crippen molar-refractivity contribution in [3.05, 3.63) is 35.1 Å². The van der Waals surface area contributed by atoms with Crippen molar-refractivity contribution in [3.63, 3.8) is 0 Å². The number of epoxide rings is 1. The Morgan fingerprint density at radius 3 is 2.82 bits per heavy atom. The quantitative estimate of drug-likeness (QED) is 0.562. The predicted octanol–water partition coefficient (Wildman–Crippen LogP) is 2.21. The third kappa shape index (κ3) is 1.26. The van der Waals surface area contributed by atoms with Gasteiger partial charge in [0.1, 0.15) is 11.9 Å². The molecule has 1 fully saturated rings. The van der Waals surface area contributed by atoms with Gasteiger partial charge in [-0.05, 0) is 30.2 Å². The van der Waals surface area contributed by atoms with Crippen LogP contribution in [-0.4, -0.2) is 6.61 Å². The number of hydrogen-bond acceptors (Lipinski definition) is 1. The highest BCUT2D eigenvalue weighted by atomic mass is 19.1. The first-order valence-corrected chi connectivity index (χ1v) is 3.65. The average Bonchev–Trinajstić information content (AvgIpc) is 2.70. The highest BCUT2D eigenvalue weighted by Crippen LogP contribution is 2.31. The number of halogens is 1. The Labute approximate surface area is 64.8 Å². The molecule has 0 aromatic heterocycles. The minimum absolute atomic E-state index is 0.174. The molecule has 1 aromatic carbocycles. The van der Waals surface area contributed by atoms with Gasteiger partial charge in [-0.1, -0.05) is 6.07 Å². The SMILES string of the molecule is Cc1cc(F)ccc1C1CO1. The molecule has 0 N–H and O–H groups in total. The minimum Gasteiger partial charge on any atom is -0.368 e. The summed E-state index contributed by atoms with van der Waals surface area (Å²) in [5.41, 5.74) is 2.10. The maximum absolute atomic E-state index is 12.6. The average molecular weight is 152 g/mol. The van der Waals surface area contributed by atoms with E-state index in [-0.39, 0.29) is 11.9 Å². The summed E-state index contributed by atoms with van der Waals surface area (Å²) in [7, 11) is 0. The molecule has 2 heteroatoms. The van der Waals surface area contributed by atoms with Crippen LogP contribution in [-0.2, 0) is 4.74 Å². The van der Waals surface area contributed by atoms with Crippen LogP contribution < -0.4 is 0 Å². The van der Waals surface area contributed by atoms with Crippen molar-refractivity contribution in [3.8, 4) is 0 Å². The molecule has 0 saturated carbocycles. The topological polar surface area (TPSA) is 12.5 Å². The molecule has 0 amide bonds. The van der Waals surface area contributed by atoms with Crippen LogP contribution in [0.1, 0.15) is 17.2 Å². The van der Waals surface area contributed by atoms with Crippen molar-refractivity contribution in [1.29, 1.82) is 0 Å². The molecule has 1 unspecified atom stereocenters. The number of ether oxygens (including phenoxy) is 1. The minimum atomic E-state index is -0.174. The van der Waals surface area contributed by atoms with E-state index < -0.39 is 0 Å². The summed E-state index contributed by atoms with van der Waals surface area (Å²) in [6.07, 6.45) is 0.232. The second-order valence-corrected chi connectivity index (χ2v) is 2.82. The molecule has 1 aliphatic heterocycles. The lowest BCUT2D eigenvalue weighted by Crippen LogP contribution is -1.87. The van der Waals surface area contributed by atoms with E-state index >= 15 is 0 Å². The van der Waals surface area contributed by atoms with Crippen molar-refractivity contribution in [2.24, 2.45) is 0 Å². The lowest BCUT2D eigenvalue weighted by molar-refractivity contribution is 0.414. The monoisotopic (exact) mass is 152 g/mol. The fourth-order valence-electron chi connectivity index (χ4n) is 1.23. The Bertz CT molecular complexity index is 279. The van der Waals surface area contributed by atoms with Gasteiger partial charge in [0.05, 0.1) is 6.61 Å². The maximum atomic E-state index is 12.6. The largest absolute Gasteiger partial charge is 0.368 e. The summed E-state index contributed by atoms with van der Waals surface area (Å²) >= 11 is 0. The van der Waals surface area contributed by atoms with Crippen LogP contribution in [0.3, 0.4) is 0 Å². The Morgan fingerprint density at radius 1 is 1.55 bits per heavy atom. The van der Waals surface area contributed by atoms with Gasteiger partial charge in [0.15, 0.2) is 0 Å². The van der Waals surface area contributed by atoms with Crippen LogP contribution in [0, 0.1) is 12.7 Å². The molecular weight excluding hydrogens is 143 g/mol. The molecule has 2 rings (SSSR count). The molecule has 0 radical (unpaired) electrons. The van der Waals surface area contributed by atoms with Gasteiger partial charge in [-0.2, -0.15) is 0 Å². The van der Waals surface area contributed by atoms with Gasteiger partial charge in [-0.25, -0.2) is 4.39 Å². The van der Waals surface area contributed by atoms with E-state index in [1.807, 2.05) is 6.92 Å². The van der Waals surface area contributed by atoms with Crippen molar-refractivity contribution >= 4 is 0 Å². The second-order valence-electron chi connectivity index (χ2n) is 2.82. The molecular formula is C9H9FO. The lowest BCUT2D eigenvalue weighted by Gasteiger charge is -2.00. The molecule has 0 bridgehead atoms. The van der Waals surface area contributed by atoms with Gasteiger partial charge in [-0.15, -0.1) is 0 Å². The predicted molar refractivity (Wildman–Crippen MR) is 39.8 cm³/mol. The van der Waals surface area contributed by atoms with E-state index in [1.54, 1.807) is 6.07 Å². The van der Waals surface area contributed by atoms with Gasteiger partial charge >= 0.3 is 0 Å². The molecule has 1 saturated heterocycles. The van der Waals surface area contributed by atoms with Crippen molar-refractivity contribution in [2.75, 3.05) is 6.61 Å². The van der Waals surface area contributed by atoms with E-state index in [9.17, 15) is 4.39 Å². The van der Waals surface area contributed by atoms with Crippen molar-refractivity contribution in [2.45, 2.75) is 13.0 Å². The number of hydrogen-bond donors (Lipinski definition) is 0. The first-order chi connectivity index (χ1) is 5.27. The van der Waals surface area contributed by atoms with Gasteiger partial charge in [0.25, 0.3) is 0 Å². The zero-order valence-electron chi connectivity index (χ0n) is 6.30. The Balaban J connectivity index is 2.39. The molecule has 0 spiro atoms. The molecule has 0 aliphatic carbocycles. The van der Waals surface area contributed by atoms with Crippen LogP contribution in [0.25, 0.3) is 0 Å². The smallest absolute Gasteiger partial charge is 0.123 e. The van der Waals surface area contributed by atoms with Crippen LogP contribution in [0.5, 0.6) is 0 Å². The molecule has 1 aliphatic rings. The molecule has 1 atom stereocenters.